The van der Waals surface area contributed by atoms with Gasteiger partial charge in [0.1, 0.15) is 17.2 Å². The first-order valence-electron chi connectivity index (χ1n) is 6.47. The molecule has 2 heterocycles. The number of aryl methyl sites for hydroxylation is 1. The fourth-order valence-electron chi connectivity index (χ4n) is 1.60. The number of hydrogen-bond donors (Lipinski definition) is 1. The highest BCUT2D eigenvalue weighted by Gasteiger charge is 1.99. The molecule has 0 saturated heterocycles. The minimum Gasteiger partial charge on any atom is -0.384 e. The highest BCUT2D eigenvalue weighted by Crippen LogP contribution is 2.01. The molecule has 0 saturated carbocycles. The van der Waals surface area contributed by atoms with Gasteiger partial charge in [0.15, 0.2) is 6.61 Å². The standard InChI is InChI=1S/C16H16N4O/c1-12-6-3-9-15(18-12)13(2)20-21-11-5-8-14-7-4-10-16(17)19-14/h3-4,6-7,9-10H,11H2,1-2H3,(H2,17,19)/b20-13+. The van der Waals surface area contributed by atoms with Gasteiger partial charge in [0.05, 0.1) is 5.69 Å². The van der Waals surface area contributed by atoms with Crippen molar-refractivity contribution in [3.8, 4) is 11.8 Å². The Balaban J connectivity index is 1.91. The first-order valence-corrected chi connectivity index (χ1v) is 6.47. The van der Waals surface area contributed by atoms with Crippen molar-refractivity contribution in [2.75, 3.05) is 12.3 Å². The second-order valence-electron chi connectivity index (χ2n) is 4.36. The number of nitrogen functional groups attached to an aromatic ring is 1. The van der Waals surface area contributed by atoms with E-state index in [0.717, 1.165) is 11.4 Å². The molecule has 0 aliphatic carbocycles. The van der Waals surface area contributed by atoms with Gasteiger partial charge in [0.25, 0.3) is 0 Å². The molecule has 21 heavy (non-hydrogen) atoms. The van der Waals surface area contributed by atoms with E-state index in [1.165, 1.54) is 0 Å². The number of aromatic nitrogens is 2. The Bertz CT molecular complexity index is 713. The Kier molecular flexibility index (Phi) is 4.89. The van der Waals surface area contributed by atoms with Crippen LogP contribution in [0.5, 0.6) is 0 Å². The van der Waals surface area contributed by atoms with Gasteiger partial charge < -0.3 is 10.6 Å². The lowest BCUT2D eigenvalue weighted by Gasteiger charge is -2.00. The van der Waals surface area contributed by atoms with Crippen molar-refractivity contribution >= 4 is 11.5 Å². The summed E-state index contributed by atoms with van der Waals surface area (Å²) in [6, 6.07) is 11.1. The van der Waals surface area contributed by atoms with Crippen molar-refractivity contribution in [1.29, 1.82) is 0 Å². The minimum absolute atomic E-state index is 0.180. The van der Waals surface area contributed by atoms with Gasteiger partial charge in [-0.05, 0) is 44.0 Å². The number of anilines is 1. The van der Waals surface area contributed by atoms with Crippen LogP contribution in [0.3, 0.4) is 0 Å². The Morgan fingerprint density at radius 3 is 2.81 bits per heavy atom. The van der Waals surface area contributed by atoms with Crippen molar-refractivity contribution in [3.05, 3.63) is 53.5 Å². The average molecular weight is 280 g/mol. The molecule has 0 bridgehead atoms. The number of nitrogens with two attached hydrogens (primary N) is 1. The lowest BCUT2D eigenvalue weighted by molar-refractivity contribution is 0.179. The van der Waals surface area contributed by atoms with E-state index >= 15 is 0 Å². The van der Waals surface area contributed by atoms with Crippen LogP contribution in [0.4, 0.5) is 5.82 Å². The molecule has 0 unspecified atom stereocenters. The molecule has 2 N–H and O–H groups in total. The maximum atomic E-state index is 5.57. The fraction of sp³-hybridized carbons (Fsp3) is 0.188. The van der Waals surface area contributed by atoms with E-state index in [1.54, 1.807) is 18.2 Å². The predicted molar refractivity (Wildman–Crippen MR) is 82.7 cm³/mol. The topological polar surface area (TPSA) is 73.4 Å². The number of hydrogen-bond acceptors (Lipinski definition) is 5. The largest absolute Gasteiger partial charge is 0.384 e. The maximum absolute atomic E-state index is 5.57. The summed E-state index contributed by atoms with van der Waals surface area (Å²) < 4.78 is 0. The van der Waals surface area contributed by atoms with Crippen LogP contribution in [0.25, 0.3) is 0 Å². The Morgan fingerprint density at radius 1 is 1.24 bits per heavy atom. The van der Waals surface area contributed by atoms with Crippen LogP contribution in [0.1, 0.15) is 24.0 Å². The number of oxime groups is 1. The zero-order chi connectivity index (χ0) is 15.1. The van der Waals surface area contributed by atoms with Crippen molar-refractivity contribution in [2.24, 2.45) is 5.16 Å². The van der Waals surface area contributed by atoms with Gasteiger partial charge in [0, 0.05) is 5.69 Å². The molecule has 0 aromatic carbocycles. The van der Waals surface area contributed by atoms with Crippen LogP contribution >= 0.6 is 0 Å². The van der Waals surface area contributed by atoms with E-state index in [1.807, 2.05) is 32.0 Å². The molecule has 2 aromatic heterocycles. The molecule has 5 nitrogen and oxygen atoms in total. The molecular formula is C16H16N4O. The normalized spacial score (nSPS) is 10.7. The van der Waals surface area contributed by atoms with Crippen molar-refractivity contribution in [3.63, 3.8) is 0 Å². The van der Waals surface area contributed by atoms with Gasteiger partial charge in [-0.25, -0.2) is 4.98 Å². The summed E-state index contributed by atoms with van der Waals surface area (Å²) in [7, 11) is 0. The van der Waals surface area contributed by atoms with Gasteiger partial charge in [-0.2, -0.15) is 0 Å². The summed E-state index contributed by atoms with van der Waals surface area (Å²) in [6.07, 6.45) is 0. The smallest absolute Gasteiger partial charge is 0.177 e. The summed E-state index contributed by atoms with van der Waals surface area (Å²) in [5.41, 5.74) is 8.62. The summed E-state index contributed by atoms with van der Waals surface area (Å²) >= 11 is 0. The maximum Gasteiger partial charge on any atom is 0.177 e. The van der Waals surface area contributed by atoms with Gasteiger partial charge >= 0.3 is 0 Å². The molecule has 5 heteroatoms. The number of pyridine rings is 2. The zero-order valence-corrected chi connectivity index (χ0v) is 12.0. The summed E-state index contributed by atoms with van der Waals surface area (Å²) in [4.78, 5) is 13.6. The van der Waals surface area contributed by atoms with Crippen LogP contribution in [0, 0.1) is 18.8 Å². The van der Waals surface area contributed by atoms with Crippen LogP contribution in [0.2, 0.25) is 0 Å². The van der Waals surface area contributed by atoms with Gasteiger partial charge in [-0.3, -0.25) is 4.98 Å². The molecule has 0 atom stereocenters. The van der Waals surface area contributed by atoms with E-state index in [4.69, 9.17) is 10.6 Å². The first-order chi connectivity index (χ1) is 10.1. The Labute approximate surface area is 123 Å². The molecule has 0 amide bonds. The number of nitrogens with zero attached hydrogens (tertiary/aromatic N) is 3. The highest BCUT2D eigenvalue weighted by molar-refractivity contribution is 5.96. The van der Waals surface area contributed by atoms with Crippen molar-refractivity contribution < 1.29 is 4.84 Å². The molecule has 0 radical (unpaired) electrons. The Hall–Kier alpha value is -2.87. The van der Waals surface area contributed by atoms with E-state index in [2.05, 4.69) is 27.0 Å². The first kappa shape index (κ1) is 14.5. The molecule has 0 aliphatic rings. The van der Waals surface area contributed by atoms with Crippen LogP contribution < -0.4 is 5.73 Å². The number of rotatable bonds is 3. The predicted octanol–water partition coefficient (Wildman–Crippen LogP) is 2.16. The molecule has 2 rings (SSSR count). The van der Waals surface area contributed by atoms with Crippen molar-refractivity contribution in [1.82, 2.24) is 9.97 Å². The second kappa shape index (κ2) is 7.06. The van der Waals surface area contributed by atoms with E-state index < -0.39 is 0 Å². The quantitative estimate of drug-likeness (QED) is 0.405. The Morgan fingerprint density at radius 2 is 2.05 bits per heavy atom. The molecule has 0 aliphatic heterocycles. The van der Waals surface area contributed by atoms with E-state index in [0.29, 0.717) is 17.2 Å². The van der Waals surface area contributed by atoms with Crippen LogP contribution in [-0.2, 0) is 4.84 Å². The third kappa shape index (κ3) is 4.62. The molecule has 106 valence electrons. The SMILES string of the molecule is C/C(=N\OCC#Cc1cccc(N)n1)c1cccc(C)n1. The summed E-state index contributed by atoms with van der Waals surface area (Å²) in [6.45, 7) is 3.95. The van der Waals surface area contributed by atoms with E-state index in [-0.39, 0.29) is 6.61 Å². The molecule has 0 spiro atoms. The third-order valence-corrected chi connectivity index (χ3v) is 2.58. The fourth-order valence-corrected chi connectivity index (χ4v) is 1.60. The molecule has 2 aromatic rings. The van der Waals surface area contributed by atoms with Crippen LogP contribution in [-0.4, -0.2) is 22.3 Å². The molecule has 0 fully saturated rings. The second-order valence-corrected chi connectivity index (χ2v) is 4.36. The zero-order valence-electron chi connectivity index (χ0n) is 12.0. The third-order valence-electron chi connectivity index (χ3n) is 2.58. The minimum atomic E-state index is 0.180. The van der Waals surface area contributed by atoms with Gasteiger partial charge in [-0.15, -0.1) is 0 Å². The average Bonchev–Trinajstić information content (AvgIpc) is 2.47. The van der Waals surface area contributed by atoms with Crippen molar-refractivity contribution in [2.45, 2.75) is 13.8 Å². The lowest BCUT2D eigenvalue weighted by atomic mass is 10.2. The van der Waals surface area contributed by atoms with Gasteiger partial charge in [-0.1, -0.05) is 23.2 Å². The summed E-state index contributed by atoms with van der Waals surface area (Å²) in [5.74, 6) is 6.13. The lowest BCUT2D eigenvalue weighted by Crippen LogP contribution is -2.00. The summed E-state index contributed by atoms with van der Waals surface area (Å²) in [5, 5.41) is 3.99. The highest BCUT2D eigenvalue weighted by atomic mass is 16.6. The monoisotopic (exact) mass is 280 g/mol. The van der Waals surface area contributed by atoms with Crippen LogP contribution in [0.15, 0.2) is 41.6 Å². The molecular weight excluding hydrogens is 264 g/mol. The van der Waals surface area contributed by atoms with Gasteiger partial charge in [0.2, 0.25) is 0 Å². The van der Waals surface area contributed by atoms with E-state index in [9.17, 15) is 0 Å².